The number of benzene rings is 3. The van der Waals surface area contributed by atoms with E-state index in [9.17, 15) is 4.79 Å². The third-order valence-electron chi connectivity index (χ3n) is 7.07. The van der Waals surface area contributed by atoms with Crippen LogP contribution in [0.5, 0.6) is 0 Å². The molecule has 2 heterocycles. The van der Waals surface area contributed by atoms with Crippen molar-refractivity contribution in [2.75, 3.05) is 13.1 Å². The van der Waals surface area contributed by atoms with E-state index < -0.39 is 0 Å². The van der Waals surface area contributed by atoms with E-state index in [1.54, 1.807) is 4.68 Å². The highest BCUT2D eigenvalue weighted by Gasteiger charge is 2.27. The molecule has 1 aromatic heterocycles. The molecule has 1 aliphatic heterocycles. The first-order valence-corrected chi connectivity index (χ1v) is 12.6. The molecule has 0 saturated carbocycles. The smallest absolute Gasteiger partial charge is 0.272 e. The Labute approximate surface area is 212 Å². The van der Waals surface area contributed by atoms with Crippen molar-refractivity contribution in [2.24, 2.45) is 5.92 Å². The number of halogens is 1. The Morgan fingerprint density at radius 2 is 1.63 bits per heavy atom. The maximum absolute atomic E-state index is 13.7. The van der Waals surface area contributed by atoms with Gasteiger partial charge in [0.1, 0.15) is 5.69 Å². The Balaban J connectivity index is 1.40. The zero-order chi connectivity index (χ0) is 24.4. The zero-order valence-electron chi connectivity index (χ0n) is 20.2. The van der Waals surface area contributed by atoms with E-state index in [2.05, 4.69) is 62.4 Å². The summed E-state index contributed by atoms with van der Waals surface area (Å²) in [5.41, 5.74) is 7.03. The van der Waals surface area contributed by atoms with E-state index in [1.807, 2.05) is 35.2 Å². The Morgan fingerprint density at radius 3 is 2.31 bits per heavy atom. The fraction of sp³-hybridized carbons (Fsp3) is 0.267. The maximum Gasteiger partial charge on any atom is 0.272 e. The summed E-state index contributed by atoms with van der Waals surface area (Å²) >= 11 is 6.12. The highest BCUT2D eigenvalue weighted by atomic mass is 35.5. The Bertz CT molecular complexity index is 1320. The lowest BCUT2D eigenvalue weighted by atomic mass is 9.90. The second kappa shape index (κ2) is 10.1. The van der Waals surface area contributed by atoms with Crippen LogP contribution in [0.2, 0.25) is 5.02 Å². The van der Waals surface area contributed by atoms with Gasteiger partial charge in [0.15, 0.2) is 0 Å². The molecular formula is C30H30ClN3O. The number of carbonyl (C=O) groups excluding carboxylic acids is 1. The van der Waals surface area contributed by atoms with Crippen LogP contribution in [0.4, 0.5) is 0 Å². The molecule has 0 spiro atoms. The van der Waals surface area contributed by atoms with Gasteiger partial charge in [-0.25, -0.2) is 4.68 Å². The van der Waals surface area contributed by atoms with Gasteiger partial charge in [-0.05, 0) is 92.1 Å². The second-order valence-electron chi connectivity index (χ2n) is 9.53. The van der Waals surface area contributed by atoms with Gasteiger partial charge in [0, 0.05) is 23.7 Å². The van der Waals surface area contributed by atoms with Crippen molar-refractivity contribution in [2.45, 2.75) is 33.1 Å². The standard InChI is InChI=1S/C30H30ClN3O/c1-21-8-9-25(18-22(21)2)28-20-29(34(32-28)27-12-10-26(31)11-13-27)30(35)33-16-14-24(15-17-33)19-23-6-4-3-5-7-23/h3-13,18,20,24H,14-17,19H2,1-2H3. The molecule has 0 N–H and O–H groups in total. The van der Waals surface area contributed by atoms with E-state index in [-0.39, 0.29) is 5.91 Å². The molecule has 0 unspecified atom stereocenters. The van der Waals surface area contributed by atoms with Crippen molar-refractivity contribution in [3.63, 3.8) is 0 Å². The summed E-state index contributed by atoms with van der Waals surface area (Å²) in [5, 5.41) is 5.52. The molecule has 3 aromatic carbocycles. The third kappa shape index (κ3) is 5.18. The van der Waals surface area contributed by atoms with Crippen molar-refractivity contribution in [1.82, 2.24) is 14.7 Å². The van der Waals surface area contributed by atoms with Gasteiger partial charge in [-0.1, -0.05) is 54.1 Å². The topological polar surface area (TPSA) is 38.1 Å². The first kappa shape index (κ1) is 23.4. The molecule has 0 bridgehead atoms. The van der Waals surface area contributed by atoms with E-state index >= 15 is 0 Å². The highest BCUT2D eigenvalue weighted by Crippen LogP contribution is 2.27. The van der Waals surface area contributed by atoms with Gasteiger partial charge in [0.2, 0.25) is 0 Å². The molecule has 35 heavy (non-hydrogen) atoms. The number of aryl methyl sites for hydroxylation is 2. The minimum Gasteiger partial charge on any atom is -0.337 e. The molecule has 4 nitrogen and oxygen atoms in total. The van der Waals surface area contributed by atoms with Crippen molar-refractivity contribution >= 4 is 17.5 Å². The summed E-state index contributed by atoms with van der Waals surface area (Å²) in [6.45, 7) is 5.73. The summed E-state index contributed by atoms with van der Waals surface area (Å²) in [6, 6.07) is 26.3. The summed E-state index contributed by atoms with van der Waals surface area (Å²) in [5.74, 6) is 0.634. The zero-order valence-corrected chi connectivity index (χ0v) is 21.0. The first-order chi connectivity index (χ1) is 17.0. The Morgan fingerprint density at radius 1 is 0.914 bits per heavy atom. The predicted molar refractivity (Wildman–Crippen MR) is 142 cm³/mol. The minimum absolute atomic E-state index is 0.0284. The van der Waals surface area contributed by atoms with Crippen LogP contribution in [-0.4, -0.2) is 33.7 Å². The largest absolute Gasteiger partial charge is 0.337 e. The lowest BCUT2D eigenvalue weighted by Gasteiger charge is -2.32. The number of hydrogen-bond acceptors (Lipinski definition) is 2. The fourth-order valence-electron chi connectivity index (χ4n) is 4.80. The molecule has 4 aromatic rings. The average Bonchev–Trinajstić information content (AvgIpc) is 3.32. The number of amides is 1. The summed E-state index contributed by atoms with van der Waals surface area (Å²) in [7, 11) is 0. The van der Waals surface area contributed by atoms with Crippen LogP contribution in [0, 0.1) is 19.8 Å². The number of hydrogen-bond donors (Lipinski definition) is 0. The molecule has 5 rings (SSSR count). The SMILES string of the molecule is Cc1ccc(-c2cc(C(=O)N3CCC(Cc4ccccc4)CC3)n(-c3ccc(Cl)cc3)n2)cc1C. The molecule has 178 valence electrons. The number of aromatic nitrogens is 2. The van der Waals surface area contributed by atoms with Crippen molar-refractivity contribution in [3.05, 3.63) is 106 Å². The quantitative estimate of drug-likeness (QED) is 0.309. The Hall–Kier alpha value is -3.37. The molecule has 5 heteroatoms. The predicted octanol–water partition coefficient (Wildman–Crippen LogP) is 6.90. The van der Waals surface area contributed by atoms with Crippen LogP contribution in [0.3, 0.4) is 0 Å². The second-order valence-corrected chi connectivity index (χ2v) is 9.96. The van der Waals surface area contributed by atoms with E-state index in [1.165, 1.54) is 16.7 Å². The third-order valence-corrected chi connectivity index (χ3v) is 7.32. The van der Waals surface area contributed by atoms with Gasteiger partial charge in [0.25, 0.3) is 5.91 Å². The molecule has 1 aliphatic rings. The number of likely N-dealkylation sites (tertiary alicyclic amines) is 1. The Kier molecular flexibility index (Phi) is 6.74. The van der Waals surface area contributed by atoms with Gasteiger partial charge in [0.05, 0.1) is 11.4 Å². The van der Waals surface area contributed by atoms with Crippen LogP contribution in [0.25, 0.3) is 16.9 Å². The molecule has 1 amide bonds. The van der Waals surface area contributed by atoms with Crippen LogP contribution in [0.1, 0.15) is 40.0 Å². The number of nitrogens with zero attached hydrogens (tertiary/aromatic N) is 3. The molecule has 1 saturated heterocycles. The van der Waals surface area contributed by atoms with E-state index in [0.29, 0.717) is 16.6 Å². The number of piperidine rings is 1. The molecule has 0 atom stereocenters. The van der Waals surface area contributed by atoms with Gasteiger partial charge >= 0.3 is 0 Å². The minimum atomic E-state index is 0.0284. The van der Waals surface area contributed by atoms with Crippen LogP contribution < -0.4 is 0 Å². The number of rotatable bonds is 5. The van der Waals surface area contributed by atoms with Crippen LogP contribution in [-0.2, 0) is 6.42 Å². The molecule has 0 aliphatic carbocycles. The van der Waals surface area contributed by atoms with Crippen LogP contribution >= 0.6 is 11.6 Å². The number of carbonyl (C=O) groups is 1. The molecular weight excluding hydrogens is 454 g/mol. The van der Waals surface area contributed by atoms with Crippen molar-refractivity contribution in [1.29, 1.82) is 0 Å². The van der Waals surface area contributed by atoms with Crippen molar-refractivity contribution < 1.29 is 4.79 Å². The maximum atomic E-state index is 13.7. The first-order valence-electron chi connectivity index (χ1n) is 12.2. The van der Waals surface area contributed by atoms with Gasteiger partial charge < -0.3 is 4.90 Å². The molecule has 1 fully saturated rings. The fourth-order valence-corrected chi connectivity index (χ4v) is 4.93. The lowest BCUT2D eigenvalue weighted by molar-refractivity contribution is 0.0681. The summed E-state index contributed by atoms with van der Waals surface area (Å²) < 4.78 is 1.76. The van der Waals surface area contributed by atoms with Crippen molar-refractivity contribution in [3.8, 4) is 16.9 Å². The summed E-state index contributed by atoms with van der Waals surface area (Å²) in [6.07, 6.45) is 3.10. The lowest BCUT2D eigenvalue weighted by Crippen LogP contribution is -2.39. The highest BCUT2D eigenvalue weighted by molar-refractivity contribution is 6.30. The molecule has 0 radical (unpaired) electrons. The average molecular weight is 484 g/mol. The van der Waals surface area contributed by atoms with Gasteiger partial charge in [-0.2, -0.15) is 5.10 Å². The normalized spacial score (nSPS) is 14.3. The van der Waals surface area contributed by atoms with Gasteiger partial charge in [-0.15, -0.1) is 0 Å². The van der Waals surface area contributed by atoms with E-state index in [4.69, 9.17) is 16.7 Å². The van der Waals surface area contributed by atoms with E-state index in [0.717, 1.165) is 49.3 Å². The monoisotopic (exact) mass is 483 g/mol. The van der Waals surface area contributed by atoms with Crippen LogP contribution in [0.15, 0.2) is 78.9 Å². The van der Waals surface area contributed by atoms with Gasteiger partial charge in [-0.3, -0.25) is 4.79 Å². The summed E-state index contributed by atoms with van der Waals surface area (Å²) in [4.78, 5) is 15.7.